The molecule has 0 aromatic heterocycles. The van der Waals surface area contributed by atoms with Crippen molar-refractivity contribution in [3.05, 3.63) is 54.1 Å². The molecule has 0 radical (unpaired) electrons. The van der Waals surface area contributed by atoms with Crippen LogP contribution in [0.1, 0.15) is 32.3 Å². The van der Waals surface area contributed by atoms with Crippen LogP contribution in [-0.2, 0) is 9.59 Å². The lowest BCUT2D eigenvalue weighted by molar-refractivity contribution is -0.116. The molecule has 0 saturated heterocycles. The summed E-state index contributed by atoms with van der Waals surface area (Å²) in [6.45, 7) is 5.84. The predicted octanol–water partition coefficient (Wildman–Crippen LogP) is 4.85. The Kier molecular flexibility index (Phi) is 7.07. The van der Waals surface area contributed by atoms with Gasteiger partial charge in [0.2, 0.25) is 11.8 Å². The number of anilines is 2. The minimum Gasteiger partial charge on any atom is -0.326 e. The minimum atomic E-state index is -0.248. The highest BCUT2D eigenvalue weighted by Crippen LogP contribution is 2.26. The predicted molar refractivity (Wildman–Crippen MR) is 105 cm³/mol. The van der Waals surface area contributed by atoms with E-state index in [1.807, 2.05) is 69.3 Å². The molecule has 1 atom stereocenters. The van der Waals surface area contributed by atoms with Crippen molar-refractivity contribution in [2.75, 3.05) is 10.6 Å². The molecule has 0 spiro atoms. The molecule has 2 N–H and O–H groups in total. The Balaban J connectivity index is 1.96. The van der Waals surface area contributed by atoms with Crippen LogP contribution >= 0.6 is 11.8 Å². The molecule has 2 aromatic rings. The molecule has 0 bridgehead atoms. The standard InChI is InChI=1S/C20H24N2O2S/c1-4-7-19(23)21-17-10-6-11-18(13-17)25-15(3)20(24)22-16-9-5-8-14(2)12-16/h5-6,8-13,15H,4,7H2,1-3H3,(H,21,23)(H,22,24). The highest BCUT2D eigenvalue weighted by atomic mass is 32.2. The molecule has 0 heterocycles. The summed E-state index contributed by atoms with van der Waals surface area (Å²) < 4.78 is 0. The van der Waals surface area contributed by atoms with Crippen LogP contribution in [-0.4, -0.2) is 17.1 Å². The average molecular weight is 356 g/mol. The van der Waals surface area contributed by atoms with Gasteiger partial charge in [0.15, 0.2) is 0 Å². The van der Waals surface area contributed by atoms with E-state index in [1.165, 1.54) is 11.8 Å². The van der Waals surface area contributed by atoms with Gasteiger partial charge in [-0.15, -0.1) is 11.8 Å². The SMILES string of the molecule is CCCC(=O)Nc1cccc(SC(C)C(=O)Nc2cccc(C)c2)c1. The second kappa shape index (κ2) is 9.28. The molecule has 1 unspecified atom stereocenters. The van der Waals surface area contributed by atoms with E-state index in [0.717, 1.165) is 28.3 Å². The maximum absolute atomic E-state index is 12.4. The molecular weight excluding hydrogens is 332 g/mol. The number of carbonyl (C=O) groups is 2. The normalized spacial score (nSPS) is 11.6. The summed E-state index contributed by atoms with van der Waals surface area (Å²) in [7, 11) is 0. The van der Waals surface area contributed by atoms with Crippen molar-refractivity contribution < 1.29 is 9.59 Å². The highest BCUT2D eigenvalue weighted by Gasteiger charge is 2.15. The summed E-state index contributed by atoms with van der Waals surface area (Å²) >= 11 is 1.47. The monoisotopic (exact) mass is 356 g/mol. The Labute approximate surface area is 153 Å². The van der Waals surface area contributed by atoms with Crippen molar-refractivity contribution in [2.24, 2.45) is 0 Å². The van der Waals surface area contributed by atoms with Gasteiger partial charge >= 0.3 is 0 Å². The molecule has 132 valence electrons. The van der Waals surface area contributed by atoms with Crippen LogP contribution in [0.25, 0.3) is 0 Å². The van der Waals surface area contributed by atoms with Gasteiger partial charge in [-0.3, -0.25) is 9.59 Å². The third-order valence-electron chi connectivity index (χ3n) is 3.56. The van der Waals surface area contributed by atoms with Gasteiger partial charge in [0.1, 0.15) is 0 Å². The number of benzene rings is 2. The van der Waals surface area contributed by atoms with Crippen molar-refractivity contribution in [1.29, 1.82) is 0 Å². The van der Waals surface area contributed by atoms with Crippen LogP contribution < -0.4 is 10.6 Å². The molecule has 4 nitrogen and oxygen atoms in total. The number of hydrogen-bond acceptors (Lipinski definition) is 3. The summed E-state index contributed by atoms with van der Waals surface area (Å²) in [6.07, 6.45) is 1.32. The van der Waals surface area contributed by atoms with Crippen LogP contribution in [0.4, 0.5) is 11.4 Å². The molecular formula is C20H24N2O2S. The third kappa shape index (κ3) is 6.27. The van der Waals surface area contributed by atoms with Gasteiger partial charge in [-0.05, 0) is 56.2 Å². The van der Waals surface area contributed by atoms with E-state index in [0.29, 0.717) is 6.42 Å². The number of hydrogen-bond donors (Lipinski definition) is 2. The second-order valence-corrected chi connectivity index (χ2v) is 7.36. The Morgan fingerprint density at radius 3 is 2.40 bits per heavy atom. The quantitative estimate of drug-likeness (QED) is 0.697. The molecule has 0 fully saturated rings. The first-order chi connectivity index (χ1) is 12.0. The Bertz CT molecular complexity index is 746. The minimum absolute atomic E-state index is 0.00916. The van der Waals surface area contributed by atoms with Gasteiger partial charge in [0.25, 0.3) is 0 Å². The van der Waals surface area contributed by atoms with Crippen LogP contribution in [0.2, 0.25) is 0 Å². The lowest BCUT2D eigenvalue weighted by atomic mass is 10.2. The largest absolute Gasteiger partial charge is 0.326 e. The first-order valence-corrected chi connectivity index (χ1v) is 9.30. The number of amides is 2. The Morgan fingerprint density at radius 1 is 1.04 bits per heavy atom. The van der Waals surface area contributed by atoms with Crippen LogP contribution in [0.5, 0.6) is 0 Å². The summed E-state index contributed by atoms with van der Waals surface area (Å²) in [6, 6.07) is 15.3. The zero-order valence-electron chi connectivity index (χ0n) is 14.8. The van der Waals surface area contributed by atoms with Crippen molar-refractivity contribution in [3.63, 3.8) is 0 Å². The van der Waals surface area contributed by atoms with E-state index < -0.39 is 0 Å². The van der Waals surface area contributed by atoms with E-state index in [1.54, 1.807) is 0 Å². The van der Waals surface area contributed by atoms with E-state index in [9.17, 15) is 9.59 Å². The van der Waals surface area contributed by atoms with Crippen molar-refractivity contribution in [3.8, 4) is 0 Å². The molecule has 0 aliphatic carbocycles. The van der Waals surface area contributed by atoms with E-state index in [-0.39, 0.29) is 17.1 Å². The van der Waals surface area contributed by atoms with Gasteiger partial charge in [0.05, 0.1) is 5.25 Å². The molecule has 5 heteroatoms. The van der Waals surface area contributed by atoms with Gasteiger partial charge in [-0.2, -0.15) is 0 Å². The van der Waals surface area contributed by atoms with Gasteiger partial charge in [0, 0.05) is 22.7 Å². The molecule has 2 amide bonds. The van der Waals surface area contributed by atoms with Gasteiger partial charge in [-0.25, -0.2) is 0 Å². The molecule has 0 aliphatic heterocycles. The number of rotatable bonds is 7. The van der Waals surface area contributed by atoms with E-state index in [2.05, 4.69) is 10.6 Å². The molecule has 25 heavy (non-hydrogen) atoms. The zero-order chi connectivity index (χ0) is 18.2. The number of nitrogens with one attached hydrogen (secondary N) is 2. The first kappa shape index (κ1) is 19.1. The van der Waals surface area contributed by atoms with E-state index in [4.69, 9.17) is 0 Å². The first-order valence-electron chi connectivity index (χ1n) is 8.42. The lowest BCUT2D eigenvalue weighted by Gasteiger charge is -2.13. The Hall–Kier alpha value is -2.27. The molecule has 0 saturated carbocycles. The fourth-order valence-electron chi connectivity index (χ4n) is 2.32. The summed E-state index contributed by atoms with van der Waals surface area (Å²) in [5.74, 6) is -0.0362. The fraction of sp³-hybridized carbons (Fsp3) is 0.300. The number of thioether (sulfide) groups is 1. The summed E-state index contributed by atoms with van der Waals surface area (Å²) in [5.41, 5.74) is 2.67. The average Bonchev–Trinajstić information content (AvgIpc) is 2.55. The second-order valence-electron chi connectivity index (χ2n) is 5.94. The maximum atomic E-state index is 12.4. The summed E-state index contributed by atoms with van der Waals surface area (Å²) in [5, 5.41) is 5.57. The van der Waals surface area contributed by atoms with Crippen molar-refractivity contribution in [1.82, 2.24) is 0 Å². The Morgan fingerprint density at radius 2 is 1.72 bits per heavy atom. The highest BCUT2D eigenvalue weighted by molar-refractivity contribution is 8.00. The van der Waals surface area contributed by atoms with Gasteiger partial charge < -0.3 is 10.6 Å². The van der Waals surface area contributed by atoms with Crippen LogP contribution in [0, 0.1) is 6.92 Å². The fourth-order valence-corrected chi connectivity index (χ4v) is 3.25. The molecule has 2 rings (SSSR count). The third-order valence-corrected chi connectivity index (χ3v) is 4.66. The zero-order valence-corrected chi connectivity index (χ0v) is 15.7. The van der Waals surface area contributed by atoms with E-state index >= 15 is 0 Å². The molecule has 2 aromatic carbocycles. The van der Waals surface area contributed by atoms with Crippen molar-refractivity contribution >= 4 is 35.0 Å². The smallest absolute Gasteiger partial charge is 0.237 e. The van der Waals surface area contributed by atoms with Gasteiger partial charge in [-0.1, -0.05) is 25.1 Å². The number of aryl methyl sites for hydroxylation is 1. The summed E-state index contributed by atoms with van der Waals surface area (Å²) in [4.78, 5) is 25.0. The number of carbonyl (C=O) groups excluding carboxylic acids is 2. The maximum Gasteiger partial charge on any atom is 0.237 e. The molecule has 0 aliphatic rings. The van der Waals surface area contributed by atoms with Crippen molar-refractivity contribution in [2.45, 2.75) is 43.8 Å². The topological polar surface area (TPSA) is 58.2 Å². The van der Waals surface area contributed by atoms with Crippen LogP contribution in [0.3, 0.4) is 0 Å². The van der Waals surface area contributed by atoms with Crippen LogP contribution in [0.15, 0.2) is 53.4 Å². The lowest BCUT2D eigenvalue weighted by Crippen LogP contribution is -2.22.